The molecule has 3 aromatic rings. The molecule has 142 valence electrons. The number of ether oxygens (including phenoxy) is 2. The molecule has 8 nitrogen and oxygen atoms in total. The number of amides is 2. The van der Waals surface area contributed by atoms with Gasteiger partial charge in [0.05, 0.1) is 12.2 Å². The predicted octanol–water partition coefficient (Wildman–Crippen LogP) is 3.15. The maximum atomic E-state index is 12.6. The summed E-state index contributed by atoms with van der Waals surface area (Å²) in [6.07, 6.45) is 2.78. The first-order valence-corrected chi connectivity index (χ1v) is 9.19. The molecule has 2 aromatic carbocycles. The van der Waals surface area contributed by atoms with Gasteiger partial charge in [0.1, 0.15) is 5.69 Å². The highest BCUT2D eigenvalue weighted by molar-refractivity contribution is 5.90. The van der Waals surface area contributed by atoms with Gasteiger partial charge in [0.2, 0.25) is 6.79 Å². The number of likely N-dealkylation sites (tertiary alicyclic amines) is 1. The van der Waals surface area contributed by atoms with E-state index in [9.17, 15) is 4.79 Å². The predicted molar refractivity (Wildman–Crippen MR) is 102 cm³/mol. The molecular weight excluding hydrogens is 358 g/mol. The molecule has 2 amide bonds. The molecule has 28 heavy (non-hydrogen) atoms. The van der Waals surface area contributed by atoms with E-state index in [1.54, 1.807) is 17.0 Å². The lowest BCUT2D eigenvalue weighted by molar-refractivity contribution is 0.174. The number of nitrogens with zero attached hydrogens (tertiary/aromatic N) is 4. The minimum atomic E-state index is -0.134. The molecule has 1 atom stereocenters. The van der Waals surface area contributed by atoms with Crippen molar-refractivity contribution in [3.8, 4) is 22.8 Å². The molecule has 3 heterocycles. The van der Waals surface area contributed by atoms with Crippen molar-refractivity contribution in [2.45, 2.75) is 12.5 Å². The molecule has 0 unspecified atom stereocenters. The van der Waals surface area contributed by atoms with Gasteiger partial charge in [-0.15, -0.1) is 5.10 Å². The van der Waals surface area contributed by atoms with E-state index >= 15 is 0 Å². The highest BCUT2D eigenvalue weighted by Crippen LogP contribution is 2.34. The zero-order valence-corrected chi connectivity index (χ0v) is 15.1. The Labute approximate surface area is 161 Å². The molecule has 0 aliphatic carbocycles. The van der Waals surface area contributed by atoms with E-state index in [-0.39, 0.29) is 18.9 Å². The van der Waals surface area contributed by atoms with Crippen LogP contribution in [0.5, 0.6) is 11.5 Å². The van der Waals surface area contributed by atoms with Crippen LogP contribution in [0.4, 0.5) is 10.5 Å². The van der Waals surface area contributed by atoms with Gasteiger partial charge >= 0.3 is 6.03 Å². The normalized spacial score (nSPS) is 17.7. The fourth-order valence-corrected chi connectivity index (χ4v) is 3.52. The van der Waals surface area contributed by atoms with Crippen LogP contribution in [0, 0.1) is 0 Å². The van der Waals surface area contributed by atoms with Crippen molar-refractivity contribution in [3.63, 3.8) is 0 Å². The van der Waals surface area contributed by atoms with Crippen LogP contribution >= 0.6 is 0 Å². The van der Waals surface area contributed by atoms with Crippen LogP contribution in [0.1, 0.15) is 12.5 Å². The Bertz CT molecular complexity index is 1000. The summed E-state index contributed by atoms with van der Waals surface area (Å²) >= 11 is 0. The Morgan fingerprint density at radius 2 is 1.96 bits per heavy atom. The molecule has 5 rings (SSSR count). The van der Waals surface area contributed by atoms with Crippen molar-refractivity contribution in [2.75, 3.05) is 25.2 Å². The number of hydrogen-bond acceptors (Lipinski definition) is 5. The van der Waals surface area contributed by atoms with Crippen LogP contribution in [0.2, 0.25) is 0 Å². The van der Waals surface area contributed by atoms with Gasteiger partial charge in [-0.25, -0.2) is 9.48 Å². The van der Waals surface area contributed by atoms with Crippen molar-refractivity contribution in [1.82, 2.24) is 19.9 Å². The van der Waals surface area contributed by atoms with Gasteiger partial charge in [-0.3, -0.25) is 0 Å². The fraction of sp³-hybridized carbons (Fsp3) is 0.250. The third-order valence-electron chi connectivity index (χ3n) is 5.03. The zero-order valence-electron chi connectivity index (χ0n) is 15.1. The van der Waals surface area contributed by atoms with E-state index in [1.807, 2.05) is 47.3 Å². The van der Waals surface area contributed by atoms with Crippen LogP contribution in [0.25, 0.3) is 11.3 Å². The molecule has 0 radical (unpaired) electrons. The summed E-state index contributed by atoms with van der Waals surface area (Å²) in [6, 6.07) is 15.3. The first kappa shape index (κ1) is 16.6. The van der Waals surface area contributed by atoms with Crippen molar-refractivity contribution in [1.29, 1.82) is 0 Å². The molecule has 8 heteroatoms. The number of nitrogens with one attached hydrogen (secondary N) is 1. The third kappa shape index (κ3) is 3.13. The van der Waals surface area contributed by atoms with E-state index in [0.717, 1.165) is 17.7 Å². The summed E-state index contributed by atoms with van der Waals surface area (Å²) in [5.74, 6) is 1.34. The Hall–Kier alpha value is -3.55. The first-order chi connectivity index (χ1) is 13.8. The molecule has 1 fully saturated rings. The van der Waals surface area contributed by atoms with Gasteiger partial charge in [-0.2, -0.15) is 0 Å². The highest BCUT2D eigenvalue weighted by Gasteiger charge is 2.28. The largest absolute Gasteiger partial charge is 0.454 e. The minimum Gasteiger partial charge on any atom is -0.454 e. The number of urea groups is 1. The monoisotopic (exact) mass is 377 g/mol. The van der Waals surface area contributed by atoms with E-state index in [0.29, 0.717) is 30.3 Å². The molecule has 1 N–H and O–H groups in total. The van der Waals surface area contributed by atoms with Gasteiger partial charge in [0.15, 0.2) is 11.5 Å². The van der Waals surface area contributed by atoms with Gasteiger partial charge in [0.25, 0.3) is 0 Å². The van der Waals surface area contributed by atoms with Gasteiger partial charge in [0, 0.05) is 30.4 Å². The lowest BCUT2D eigenvalue weighted by atomic mass is 10.2. The van der Waals surface area contributed by atoms with E-state index in [4.69, 9.17) is 9.47 Å². The summed E-state index contributed by atoms with van der Waals surface area (Å²) in [6.45, 7) is 1.47. The summed E-state index contributed by atoms with van der Waals surface area (Å²) in [7, 11) is 0. The standard InChI is InChI=1S/C20H19N5O3/c26-20(21-15-6-7-18-19(10-15)28-13-27-18)24-9-8-16(11-24)25-12-17(22-23-25)14-4-2-1-3-5-14/h1-7,10,12,16H,8-9,11,13H2,(H,21,26)/t16-/m1/s1. The molecule has 1 saturated heterocycles. The number of fused-ring (bicyclic) bond motifs is 1. The summed E-state index contributed by atoms with van der Waals surface area (Å²) in [5, 5.41) is 11.5. The average molecular weight is 377 g/mol. The quantitative estimate of drug-likeness (QED) is 0.758. The first-order valence-electron chi connectivity index (χ1n) is 9.19. The number of anilines is 1. The summed E-state index contributed by atoms with van der Waals surface area (Å²) in [4.78, 5) is 14.4. The lowest BCUT2D eigenvalue weighted by Gasteiger charge is -2.17. The van der Waals surface area contributed by atoms with Crippen LogP contribution in [0.3, 0.4) is 0 Å². The Morgan fingerprint density at radius 3 is 2.86 bits per heavy atom. The molecular formula is C20H19N5O3. The van der Waals surface area contributed by atoms with Crippen molar-refractivity contribution in [3.05, 3.63) is 54.7 Å². The number of aromatic nitrogens is 3. The topological polar surface area (TPSA) is 81.5 Å². The van der Waals surface area contributed by atoms with Crippen molar-refractivity contribution < 1.29 is 14.3 Å². The maximum absolute atomic E-state index is 12.6. The number of carbonyl (C=O) groups is 1. The van der Waals surface area contributed by atoms with E-state index in [2.05, 4.69) is 15.6 Å². The zero-order chi connectivity index (χ0) is 18.9. The molecule has 2 aliphatic heterocycles. The Kier molecular flexibility index (Phi) is 4.08. The molecule has 0 saturated carbocycles. The van der Waals surface area contributed by atoms with Crippen molar-refractivity contribution in [2.24, 2.45) is 0 Å². The smallest absolute Gasteiger partial charge is 0.321 e. The Balaban J connectivity index is 1.23. The molecule has 0 bridgehead atoms. The number of carbonyl (C=O) groups excluding carboxylic acids is 1. The van der Waals surface area contributed by atoms with Gasteiger partial charge in [-0.1, -0.05) is 35.5 Å². The molecule has 1 aromatic heterocycles. The average Bonchev–Trinajstić information content (AvgIpc) is 3.47. The highest BCUT2D eigenvalue weighted by atomic mass is 16.7. The molecule has 2 aliphatic rings. The number of benzene rings is 2. The van der Waals surface area contributed by atoms with E-state index in [1.165, 1.54) is 0 Å². The summed E-state index contributed by atoms with van der Waals surface area (Å²) < 4.78 is 12.5. The third-order valence-corrected chi connectivity index (χ3v) is 5.03. The second-order valence-electron chi connectivity index (χ2n) is 6.84. The van der Waals surface area contributed by atoms with E-state index < -0.39 is 0 Å². The second-order valence-corrected chi connectivity index (χ2v) is 6.84. The van der Waals surface area contributed by atoms with Crippen LogP contribution in [-0.2, 0) is 0 Å². The number of hydrogen-bond donors (Lipinski definition) is 1. The Morgan fingerprint density at radius 1 is 1.11 bits per heavy atom. The molecule has 0 spiro atoms. The maximum Gasteiger partial charge on any atom is 0.321 e. The second kappa shape index (κ2) is 6.88. The van der Waals surface area contributed by atoms with Crippen molar-refractivity contribution >= 4 is 11.7 Å². The summed E-state index contributed by atoms with van der Waals surface area (Å²) in [5.41, 5.74) is 2.55. The van der Waals surface area contributed by atoms with Gasteiger partial charge < -0.3 is 19.7 Å². The van der Waals surface area contributed by atoms with Crippen LogP contribution in [-0.4, -0.2) is 45.8 Å². The number of rotatable bonds is 3. The van der Waals surface area contributed by atoms with Gasteiger partial charge in [-0.05, 0) is 18.6 Å². The minimum absolute atomic E-state index is 0.118. The van der Waals surface area contributed by atoms with Crippen LogP contribution in [0.15, 0.2) is 54.7 Å². The SMILES string of the molecule is O=C(Nc1ccc2c(c1)OCO2)N1CC[C@@H](n2cc(-c3ccccc3)nn2)C1. The lowest BCUT2D eigenvalue weighted by Crippen LogP contribution is -2.33. The fourth-order valence-electron chi connectivity index (χ4n) is 3.52. The van der Waals surface area contributed by atoms with Crippen LogP contribution < -0.4 is 14.8 Å².